The molecule has 0 saturated carbocycles. The third-order valence-corrected chi connectivity index (χ3v) is 2.82. The molecule has 7 nitrogen and oxygen atoms in total. The highest BCUT2D eigenvalue weighted by Gasteiger charge is 2.16. The lowest BCUT2D eigenvalue weighted by molar-refractivity contribution is 0.340. The van der Waals surface area contributed by atoms with Crippen LogP contribution in [-0.4, -0.2) is 26.9 Å². The molecule has 2 aromatic heterocycles. The van der Waals surface area contributed by atoms with Crippen LogP contribution in [0.3, 0.4) is 0 Å². The van der Waals surface area contributed by atoms with E-state index in [0.29, 0.717) is 24.7 Å². The Balaban J connectivity index is 1.83. The molecule has 2 heterocycles. The van der Waals surface area contributed by atoms with Gasteiger partial charge in [0.05, 0.1) is 6.61 Å². The van der Waals surface area contributed by atoms with Gasteiger partial charge in [0.1, 0.15) is 5.75 Å². The topological polar surface area (TPSA) is 87.1 Å². The fourth-order valence-corrected chi connectivity index (χ4v) is 1.78. The van der Waals surface area contributed by atoms with Crippen molar-refractivity contribution in [2.24, 2.45) is 0 Å². The van der Waals surface area contributed by atoms with Gasteiger partial charge in [-0.25, -0.2) is 0 Å². The molecular formula is C14H14N4O3. The third-order valence-electron chi connectivity index (χ3n) is 2.82. The maximum atomic E-state index is 5.39. The van der Waals surface area contributed by atoms with Crippen LogP contribution in [0.15, 0.2) is 33.3 Å². The molecule has 0 bridgehead atoms. The fourth-order valence-electron chi connectivity index (χ4n) is 1.78. The Bertz CT molecular complexity index is 718. The van der Waals surface area contributed by atoms with Gasteiger partial charge in [0, 0.05) is 12.0 Å². The summed E-state index contributed by atoms with van der Waals surface area (Å²) in [4.78, 5) is 8.41. The molecule has 3 rings (SSSR count). The highest BCUT2D eigenvalue weighted by molar-refractivity contribution is 5.57. The molecule has 3 aromatic rings. The summed E-state index contributed by atoms with van der Waals surface area (Å²) in [7, 11) is 0. The number of hydrogen-bond acceptors (Lipinski definition) is 7. The summed E-state index contributed by atoms with van der Waals surface area (Å²) in [5.74, 6) is 2.31. The van der Waals surface area contributed by atoms with E-state index in [9.17, 15) is 0 Å². The monoisotopic (exact) mass is 286 g/mol. The molecule has 108 valence electrons. The molecule has 7 heteroatoms. The number of rotatable bonds is 5. The molecular weight excluding hydrogens is 272 g/mol. The van der Waals surface area contributed by atoms with Crippen LogP contribution in [0.2, 0.25) is 0 Å². The Kier molecular flexibility index (Phi) is 3.63. The van der Waals surface area contributed by atoms with Crippen LogP contribution in [0.5, 0.6) is 5.75 Å². The maximum Gasteiger partial charge on any atom is 0.316 e. The van der Waals surface area contributed by atoms with E-state index >= 15 is 0 Å². The van der Waals surface area contributed by atoms with Gasteiger partial charge in [0.2, 0.25) is 5.82 Å². The molecule has 0 saturated heterocycles. The molecule has 21 heavy (non-hydrogen) atoms. The van der Waals surface area contributed by atoms with Crippen molar-refractivity contribution in [1.29, 1.82) is 0 Å². The lowest BCUT2D eigenvalue weighted by atomic mass is 10.2. The van der Waals surface area contributed by atoms with E-state index in [1.54, 1.807) is 0 Å². The fraction of sp³-hybridized carbons (Fsp3) is 0.286. The van der Waals surface area contributed by atoms with Crippen molar-refractivity contribution in [2.75, 3.05) is 6.61 Å². The Labute approximate surface area is 120 Å². The lowest BCUT2D eigenvalue weighted by Gasteiger charge is -2.02. The number of ether oxygens (including phenoxy) is 1. The van der Waals surface area contributed by atoms with Crippen molar-refractivity contribution in [3.63, 3.8) is 0 Å². The Morgan fingerprint density at radius 3 is 2.33 bits per heavy atom. The van der Waals surface area contributed by atoms with E-state index in [2.05, 4.69) is 20.3 Å². The van der Waals surface area contributed by atoms with Crippen molar-refractivity contribution < 1.29 is 13.8 Å². The van der Waals surface area contributed by atoms with Crippen molar-refractivity contribution in [3.8, 4) is 28.9 Å². The van der Waals surface area contributed by atoms with E-state index in [1.165, 1.54) is 0 Å². The second-order valence-electron chi connectivity index (χ2n) is 4.25. The summed E-state index contributed by atoms with van der Waals surface area (Å²) >= 11 is 0. The van der Waals surface area contributed by atoms with Crippen LogP contribution in [-0.2, 0) is 6.42 Å². The normalized spacial score (nSPS) is 10.8. The molecule has 0 aliphatic rings. The lowest BCUT2D eigenvalue weighted by Crippen LogP contribution is -1.90. The molecule has 0 amide bonds. The number of aromatic nitrogens is 4. The molecule has 0 atom stereocenters. The molecule has 0 N–H and O–H groups in total. The standard InChI is InChI=1S/C14H14N4O3/c1-3-11-15-13(20-17-11)14-16-12(18-21-14)9-5-7-10(8-6-9)19-4-2/h5-8H,3-4H2,1-2H3. The van der Waals surface area contributed by atoms with Gasteiger partial charge in [-0.15, -0.1) is 0 Å². The van der Waals surface area contributed by atoms with E-state index in [4.69, 9.17) is 13.8 Å². The first-order valence-corrected chi connectivity index (χ1v) is 6.70. The van der Waals surface area contributed by atoms with Crippen LogP contribution in [0.1, 0.15) is 19.7 Å². The molecule has 0 fully saturated rings. The second kappa shape index (κ2) is 5.74. The van der Waals surface area contributed by atoms with Gasteiger partial charge < -0.3 is 13.8 Å². The van der Waals surface area contributed by atoms with Gasteiger partial charge in [-0.1, -0.05) is 17.2 Å². The first kappa shape index (κ1) is 13.3. The molecule has 0 spiro atoms. The number of hydrogen-bond donors (Lipinski definition) is 0. The summed E-state index contributed by atoms with van der Waals surface area (Å²) in [5.41, 5.74) is 0.823. The Hall–Kier alpha value is -2.70. The summed E-state index contributed by atoms with van der Waals surface area (Å²) < 4.78 is 15.6. The highest BCUT2D eigenvalue weighted by atomic mass is 16.5. The van der Waals surface area contributed by atoms with Crippen LogP contribution >= 0.6 is 0 Å². The molecule has 0 unspecified atom stereocenters. The summed E-state index contributed by atoms with van der Waals surface area (Å²) in [5, 5.41) is 7.71. The number of nitrogens with zero attached hydrogens (tertiary/aromatic N) is 4. The van der Waals surface area contributed by atoms with Crippen molar-refractivity contribution in [1.82, 2.24) is 20.3 Å². The molecule has 1 aromatic carbocycles. The third kappa shape index (κ3) is 2.76. The molecule has 0 radical (unpaired) electrons. The van der Waals surface area contributed by atoms with E-state index < -0.39 is 0 Å². The minimum Gasteiger partial charge on any atom is -0.494 e. The minimum absolute atomic E-state index is 0.214. The van der Waals surface area contributed by atoms with Crippen LogP contribution < -0.4 is 4.74 Å². The zero-order valence-corrected chi connectivity index (χ0v) is 11.7. The van der Waals surface area contributed by atoms with Gasteiger partial charge in [-0.3, -0.25) is 0 Å². The Morgan fingerprint density at radius 2 is 1.67 bits per heavy atom. The largest absolute Gasteiger partial charge is 0.494 e. The van der Waals surface area contributed by atoms with Crippen molar-refractivity contribution >= 4 is 0 Å². The van der Waals surface area contributed by atoms with Crippen LogP contribution in [0.25, 0.3) is 23.2 Å². The first-order chi connectivity index (χ1) is 10.3. The van der Waals surface area contributed by atoms with Gasteiger partial charge >= 0.3 is 11.8 Å². The first-order valence-electron chi connectivity index (χ1n) is 6.70. The van der Waals surface area contributed by atoms with E-state index in [0.717, 1.165) is 11.3 Å². The Morgan fingerprint density at radius 1 is 0.952 bits per heavy atom. The second-order valence-corrected chi connectivity index (χ2v) is 4.25. The predicted octanol–water partition coefficient (Wildman–Crippen LogP) is 2.75. The van der Waals surface area contributed by atoms with E-state index in [-0.39, 0.29) is 11.8 Å². The highest BCUT2D eigenvalue weighted by Crippen LogP contribution is 2.23. The zero-order chi connectivity index (χ0) is 14.7. The minimum atomic E-state index is 0.214. The van der Waals surface area contributed by atoms with Gasteiger partial charge in [-0.2, -0.15) is 9.97 Å². The summed E-state index contributed by atoms with van der Waals surface area (Å²) in [6.07, 6.45) is 0.684. The maximum absolute atomic E-state index is 5.39. The number of benzene rings is 1. The van der Waals surface area contributed by atoms with E-state index in [1.807, 2.05) is 38.1 Å². The quantitative estimate of drug-likeness (QED) is 0.712. The summed E-state index contributed by atoms with van der Waals surface area (Å²) in [6, 6.07) is 7.45. The van der Waals surface area contributed by atoms with Crippen molar-refractivity contribution in [2.45, 2.75) is 20.3 Å². The smallest absolute Gasteiger partial charge is 0.316 e. The van der Waals surface area contributed by atoms with Crippen LogP contribution in [0.4, 0.5) is 0 Å². The van der Waals surface area contributed by atoms with Crippen LogP contribution in [0, 0.1) is 0 Å². The zero-order valence-electron chi connectivity index (χ0n) is 11.7. The SMILES string of the molecule is CCOc1ccc(-c2noc(-c3nc(CC)no3)n2)cc1. The van der Waals surface area contributed by atoms with Gasteiger partial charge in [0.25, 0.3) is 0 Å². The summed E-state index contributed by atoms with van der Waals surface area (Å²) in [6.45, 7) is 4.50. The average molecular weight is 286 g/mol. The number of aryl methyl sites for hydroxylation is 1. The van der Waals surface area contributed by atoms with Gasteiger partial charge in [0.15, 0.2) is 5.82 Å². The van der Waals surface area contributed by atoms with Crippen molar-refractivity contribution in [3.05, 3.63) is 30.1 Å². The molecule has 0 aliphatic heterocycles. The average Bonchev–Trinajstić information content (AvgIpc) is 3.17. The predicted molar refractivity (Wildman–Crippen MR) is 73.6 cm³/mol. The van der Waals surface area contributed by atoms with Gasteiger partial charge in [-0.05, 0) is 31.2 Å². The molecule has 0 aliphatic carbocycles.